The van der Waals surface area contributed by atoms with Crippen LogP contribution >= 0.6 is 0 Å². The molecule has 11 heteroatoms. The zero-order valence-corrected chi connectivity index (χ0v) is 12.2. The van der Waals surface area contributed by atoms with E-state index in [-0.39, 0.29) is 24.2 Å². The number of rotatable bonds is 6. The van der Waals surface area contributed by atoms with E-state index in [0.717, 1.165) is 0 Å². The highest BCUT2D eigenvalue weighted by atomic mass is 16.5. The van der Waals surface area contributed by atoms with Crippen LogP contribution in [0.3, 0.4) is 0 Å². The Balaban J connectivity index is 1.75. The largest absolute Gasteiger partial charge is 0.361 e. The lowest BCUT2D eigenvalue weighted by Crippen LogP contribution is -2.33. The Morgan fingerprint density at radius 1 is 1.29 bits per heavy atom. The molecule has 3 rings (SSSR count). The first-order valence-electron chi connectivity index (χ1n) is 6.82. The van der Waals surface area contributed by atoms with Gasteiger partial charge in [0, 0.05) is 0 Å². The number of hydrogen-bond acceptors (Lipinski definition) is 8. The summed E-state index contributed by atoms with van der Waals surface area (Å²) in [6, 6.07) is 8.25. The first-order valence-corrected chi connectivity index (χ1v) is 6.82. The van der Waals surface area contributed by atoms with Crippen molar-refractivity contribution in [2.24, 2.45) is 5.73 Å². The number of carbonyl (C=O) groups excluding carboxylic acids is 2. The van der Waals surface area contributed by atoms with Crippen molar-refractivity contribution in [3.8, 4) is 0 Å². The molecule has 0 aliphatic rings. The van der Waals surface area contributed by atoms with Gasteiger partial charge in [-0.1, -0.05) is 35.5 Å². The van der Waals surface area contributed by atoms with Crippen LogP contribution in [-0.4, -0.2) is 42.2 Å². The van der Waals surface area contributed by atoms with Crippen LogP contribution in [0.4, 0.5) is 0 Å². The van der Waals surface area contributed by atoms with E-state index < -0.39 is 11.9 Å². The van der Waals surface area contributed by atoms with Gasteiger partial charge < -0.3 is 15.6 Å². The standard InChI is InChI=1S/C13H12N8O3/c14-11(22)13-17-9(18-24-13)6-15-12(23)10(21-7-16-19-20-21)8-4-2-1-3-5-8/h1-5,7,10H,6H2,(H2,14,22)(H,15,23)/t10-/m1/s1. The molecule has 2 heterocycles. The van der Waals surface area contributed by atoms with Gasteiger partial charge in [-0.15, -0.1) is 5.10 Å². The molecule has 0 saturated carbocycles. The molecule has 0 bridgehead atoms. The lowest BCUT2D eigenvalue weighted by atomic mass is 10.1. The van der Waals surface area contributed by atoms with Gasteiger partial charge >= 0.3 is 11.8 Å². The SMILES string of the molecule is NC(=O)c1nc(CNC(=O)[C@@H](c2ccccc2)n2cnnn2)no1. The molecule has 2 amide bonds. The minimum absolute atomic E-state index is 0.0406. The molecule has 3 N–H and O–H groups in total. The van der Waals surface area contributed by atoms with Crippen LogP contribution in [0.1, 0.15) is 28.1 Å². The van der Waals surface area contributed by atoms with Gasteiger partial charge in [-0.2, -0.15) is 4.98 Å². The van der Waals surface area contributed by atoms with Gasteiger partial charge in [0.25, 0.3) is 0 Å². The summed E-state index contributed by atoms with van der Waals surface area (Å²) in [6.07, 6.45) is 1.34. The predicted octanol–water partition coefficient (Wildman–Crippen LogP) is -0.939. The van der Waals surface area contributed by atoms with E-state index in [0.29, 0.717) is 5.56 Å². The number of primary amides is 1. The van der Waals surface area contributed by atoms with Crippen molar-refractivity contribution in [1.82, 2.24) is 35.7 Å². The molecule has 11 nitrogen and oxygen atoms in total. The first kappa shape index (κ1) is 15.3. The number of aromatic nitrogens is 6. The maximum Gasteiger partial charge on any atom is 0.315 e. The number of amides is 2. The molecular formula is C13H12N8O3. The molecule has 0 radical (unpaired) electrons. The Hall–Kier alpha value is -3.63. The van der Waals surface area contributed by atoms with Gasteiger partial charge in [-0.05, 0) is 16.0 Å². The topological polar surface area (TPSA) is 155 Å². The maximum atomic E-state index is 12.6. The van der Waals surface area contributed by atoms with Crippen molar-refractivity contribution in [2.45, 2.75) is 12.6 Å². The minimum atomic E-state index is -0.837. The zero-order valence-electron chi connectivity index (χ0n) is 12.2. The third kappa shape index (κ3) is 3.24. The summed E-state index contributed by atoms with van der Waals surface area (Å²) in [6.45, 7) is -0.0406. The normalized spacial score (nSPS) is 11.8. The summed E-state index contributed by atoms with van der Waals surface area (Å²) in [4.78, 5) is 27.2. The van der Waals surface area contributed by atoms with E-state index in [2.05, 4.69) is 35.5 Å². The molecule has 122 valence electrons. The Morgan fingerprint density at radius 2 is 2.08 bits per heavy atom. The third-order valence-corrected chi connectivity index (χ3v) is 3.09. The highest BCUT2D eigenvalue weighted by Gasteiger charge is 2.24. The lowest BCUT2D eigenvalue weighted by Gasteiger charge is -2.15. The molecule has 0 aliphatic carbocycles. The molecule has 2 aromatic heterocycles. The van der Waals surface area contributed by atoms with Crippen LogP contribution in [0, 0.1) is 0 Å². The van der Waals surface area contributed by atoms with Gasteiger partial charge in [0.15, 0.2) is 11.9 Å². The van der Waals surface area contributed by atoms with E-state index in [1.807, 2.05) is 6.07 Å². The highest BCUT2D eigenvalue weighted by molar-refractivity contribution is 5.87. The smallest absolute Gasteiger partial charge is 0.315 e. The van der Waals surface area contributed by atoms with Gasteiger partial charge in [-0.3, -0.25) is 9.59 Å². The Kier molecular flexibility index (Phi) is 4.23. The molecule has 0 saturated heterocycles. The van der Waals surface area contributed by atoms with Crippen molar-refractivity contribution in [3.63, 3.8) is 0 Å². The van der Waals surface area contributed by atoms with Gasteiger partial charge in [-0.25, -0.2) is 4.68 Å². The molecule has 0 fully saturated rings. The van der Waals surface area contributed by atoms with Gasteiger partial charge in [0.1, 0.15) is 6.33 Å². The second-order valence-corrected chi connectivity index (χ2v) is 4.70. The van der Waals surface area contributed by atoms with E-state index in [4.69, 9.17) is 5.73 Å². The molecule has 24 heavy (non-hydrogen) atoms. The summed E-state index contributed by atoms with van der Waals surface area (Å²) >= 11 is 0. The fraction of sp³-hybridized carbons (Fsp3) is 0.154. The number of carbonyl (C=O) groups is 2. The summed E-state index contributed by atoms with van der Waals surface area (Å²) in [7, 11) is 0. The number of benzene rings is 1. The van der Waals surface area contributed by atoms with Crippen LogP contribution in [-0.2, 0) is 11.3 Å². The van der Waals surface area contributed by atoms with E-state index in [1.54, 1.807) is 24.3 Å². The zero-order chi connectivity index (χ0) is 16.9. The van der Waals surface area contributed by atoms with Crippen molar-refractivity contribution in [3.05, 3.63) is 53.9 Å². The fourth-order valence-electron chi connectivity index (χ4n) is 2.03. The molecule has 3 aromatic rings. The number of tetrazole rings is 1. The van der Waals surface area contributed by atoms with Gasteiger partial charge in [0.2, 0.25) is 5.91 Å². The van der Waals surface area contributed by atoms with Crippen LogP contribution in [0.25, 0.3) is 0 Å². The summed E-state index contributed by atoms with van der Waals surface area (Å²) in [5, 5.41) is 17.1. The Morgan fingerprint density at radius 3 is 2.71 bits per heavy atom. The molecule has 0 unspecified atom stereocenters. The molecule has 1 atom stereocenters. The number of nitrogens with one attached hydrogen (secondary N) is 1. The van der Waals surface area contributed by atoms with E-state index >= 15 is 0 Å². The second-order valence-electron chi connectivity index (χ2n) is 4.70. The Labute approximate surface area is 134 Å². The molecule has 0 aliphatic heterocycles. The van der Waals surface area contributed by atoms with Crippen molar-refractivity contribution >= 4 is 11.8 Å². The predicted molar refractivity (Wildman–Crippen MR) is 77.1 cm³/mol. The van der Waals surface area contributed by atoms with Crippen LogP contribution < -0.4 is 11.1 Å². The quantitative estimate of drug-likeness (QED) is 0.587. The summed E-state index contributed by atoms with van der Waals surface area (Å²) in [5.41, 5.74) is 5.73. The first-order chi connectivity index (χ1) is 11.6. The van der Waals surface area contributed by atoms with Crippen LogP contribution in [0.15, 0.2) is 41.2 Å². The van der Waals surface area contributed by atoms with Crippen molar-refractivity contribution in [2.75, 3.05) is 0 Å². The number of nitrogens with two attached hydrogens (primary N) is 1. The maximum absolute atomic E-state index is 12.6. The van der Waals surface area contributed by atoms with E-state index in [9.17, 15) is 9.59 Å². The fourth-order valence-corrected chi connectivity index (χ4v) is 2.03. The number of nitrogens with zero attached hydrogens (tertiary/aromatic N) is 6. The van der Waals surface area contributed by atoms with Crippen LogP contribution in [0.2, 0.25) is 0 Å². The molecular weight excluding hydrogens is 316 g/mol. The highest BCUT2D eigenvalue weighted by Crippen LogP contribution is 2.16. The summed E-state index contributed by atoms with van der Waals surface area (Å²) < 4.78 is 5.98. The van der Waals surface area contributed by atoms with Crippen molar-refractivity contribution in [1.29, 1.82) is 0 Å². The van der Waals surface area contributed by atoms with E-state index in [1.165, 1.54) is 11.0 Å². The Bertz CT molecular complexity index is 830. The second kappa shape index (κ2) is 6.64. The van der Waals surface area contributed by atoms with Gasteiger partial charge in [0.05, 0.1) is 6.54 Å². The van der Waals surface area contributed by atoms with Crippen LogP contribution in [0.5, 0.6) is 0 Å². The third-order valence-electron chi connectivity index (χ3n) is 3.09. The summed E-state index contributed by atoms with van der Waals surface area (Å²) in [5.74, 6) is -1.41. The monoisotopic (exact) mass is 328 g/mol. The average molecular weight is 328 g/mol. The molecule has 1 aromatic carbocycles. The molecule has 0 spiro atoms. The lowest BCUT2D eigenvalue weighted by molar-refractivity contribution is -0.123. The minimum Gasteiger partial charge on any atom is -0.361 e. The average Bonchev–Trinajstić information content (AvgIpc) is 3.26. The van der Waals surface area contributed by atoms with Crippen molar-refractivity contribution < 1.29 is 14.1 Å². The number of hydrogen-bond donors (Lipinski definition) is 2.